The molecule has 0 unspecified atom stereocenters. The fourth-order valence-corrected chi connectivity index (χ4v) is 3.00. The van der Waals surface area contributed by atoms with Gasteiger partial charge in [0.25, 0.3) is 0 Å². The van der Waals surface area contributed by atoms with E-state index in [1.807, 2.05) is 6.92 Å². The Balaban J connectivity index is 2.53. The zero-order chi connectivity index (χ0) is 12.6. The molecular weight excluding hydrogens is 277 g/mol. The van der Waals surface area contributed by atoms with Crippen molar-refractivity contribution in [2.75, 3.05) is 0 Å². The van der Waals surface area contributed by atoms with Gasteiger partial charge in [0.15, 0.2) is 5.78 Å². The number of aryl methyl sites for hydroxylation is 1. The largest absolute Gasteiger partial charge is 0.294 e. The molecule has 17 heavy (non-hydrogen) atoms. The van der Waals surface area contributed by atoms with E-state index in [9.17, 15) is 4.79 Å². The molecule has 0 aliphatic heterocycles. The second-order valence-corrected chi connectivity index (χ2v) is 5.52. The predicted molar refractivity (Wildman–Crippen MR) is 72.3 cm³/mol. The lowest BCUT2D eigenvalue weighted by Gasteiger charge is -1.98. The van der Waals surface area contributed by atoms with Gasteiger partial charge in [0, 0.05) is 22.5 Å². The number of nitrogens with zero attached hydrogens (tertiary/aromatic N) is 1. The van der Waals surface area contributed by atoms with Gasteiger partial charge in [-0.25, -0.2) is 4.98 Å². The minimum Gasteiger partial charge on any atom is -0.294 e. The van der Waals surface area contributed by atoms with Crippen LogP contribution in [-0.2, 0) is 0 Å². The second-order valence-electron chi connectivity index (χ2n) is 3.65. The van der Waals surface area contributed by atoms with E-state index < -0.39 is 0 Å². The molecule has 1 aromatic heterocycles. The molecule has 0 aliphatic rings. The molecule has 2 aromatic rings. The Labute approximate surface area is 113 Å². The Kier molecular flexibility index (Phi) is 3.52. The Hall–Kier alpha value is -0.900. The lowest BCUT2D eigenvalue weighted by atomic mass is 10.2. The van der Waals surface area contributed by atoms with Crippen molar-refractivity contribution in [2.45, 2.75) is 13.8 Å². The number of hydrogen-bond donors (Lipinski definition) is 0. The number of benzene rings is 1. The molecule has 0 amide bonds. The maximum absolute atomic E-state index is 11.4. The van der Waals surface area contributed by atoms with Crippen LogP contribution >= 0.6 is 34.5 Å². The molecule has 1 heterocycles. The highest BCUT2D eigenvalue weighted by atomic mass is 35.5. The molecule has 0 N–H and O–H groups in total. The number of Topliss-reactive ketones (excluding diaryl/α,β-unsaturated/α-hetero) is 1. The van der Waals surface area contributed by atoms with Crippen LogP contribution in [0.25, 0.3) is 10.6 Å². The Morgan fingerprint density at radius 1 is 1.24 bits per heavy atom. The van der Waals surface area contributed by atoms with E-state index in [4.69, 9.17) is 23.2 Å². The lowest BCUT2D eigenvalue weighted by molar-refractivity contribution is 0.102. The molecular formula is C12H9Cl2NOS. The normalized spacial score (nSPS) is 10.6. The van der Waals surface area contributed by atoms with Crippen molar-refractivity contribution in [1.82, 2.24) is 4.98 Å². The first-order chi connectivity index (χ1) is 7.97. The number of halogens is 2. The molecule has 0 spiro atoms. The van der Waals surface area contributed by atoms with Gasteiger partial charge in [0.2, 0.25) is 0 Å². The van der Waals surface area contributed by atoms with Gasteiger partial charge in [-0.3, -0.25) is 4.79 Å². The quantitative estimate of drug-likeness (QED) is 0.753. The molecule has 2 nitrogen and oxygen atoms in total. The van der Waals surface area contributed by atoms with Crippen molar-refractivity contribution < 1.29 is 4.79 Å². The van der Waals surface area contributed by atoms with E-state index in [0.717, 1.165) is 16.3 Å². The average molecular weight is 286 g/mol. The number of ketones is 1. The third-order valence-corrected chi connectivity index (χ3v) is 3.97. The van der Waals surface area contributed by atoms with Gasteiger partial charge >= 0.3 is 0 Å². The highest BCUT2D eigenvalue weighted by Crippen LogP contribution is 2.31. The molecule has 2 rings (SSSR count). The van der Waals surface area contributed by atoms with Gasteiger partial charge in [-0.2, -0.15) is 0 Å². The average Bonchev–Trinajstić information content (AvgIpc) is 2.59. The van der Waals surface area contributed by atoms with Crippen molar-refractivity contribution >= 4 is 40.3 Å². The molecule has 0 atom stereocenters. The molecule has 0 saturated carbocycles. The highest BCUT2D eigenvalue weighted by molar-refractivity contribution is 7.17. The zero-order valence-corrected chi connectivity index (χ0v) is 11.6. The Bertz CT molecular complexity index is 572. The van der Waals surface area contributed by atoms with E-state index in [-0.39, 0.29) is 5.78 Å². The molecule has 0 radical (unpaired) electrons. The van der Waals surface area contributed by atoms with Crippen LogP contribution in [0.2, 0.25) is 10.0 Å². The van der Waals surface area contributed by atoms with Crippen LogP contribution in [0.15, 0.2) is 18.2 Å². The fraction of sp³-hybridized carbons (Fsp3) is 0.167. The van der Waals surface area contributed by atoms with Crippen LogP contribution in [-0.4, -0.2) is 10.8 Å². The number of carbonyl (C=O) groups is 1. The first-order valence-corrected chi connectivity index (χ1v) is 6.49. The molecule has 0 bridgehead atoms. The van der Waals surface area contributed by atoms with Crippen molar-refractivity contribution in [2.24, 2.45) is 0 Å². The third-order valence-electron chi connectivity index (χ3n) is 2.23. The van der Waals surface area contributed by atoms with Gasteiger partial charge in [0.1, 0.15) is 5.01 Å². The van der Waals surface area contributed by atoms with E-state index in [2.05, 4.69) is 4.98 Å². The monoisotopic (exact) mass is 285 g/mol. The van der Waals surface area contributed by atoms with Crippen LogP contribution in [0.1, 0.15) is 22.3 Å². The van der Waals surface area contributed by atoms with Crippen LogP contribution in [0.4, 0.5) is 0 Å². The maximum Gasteiger partial charge on any atom is 0.171 e. The summed E-state index contributed by atoms with van der Waals surface area (Å²) in [5.41, 5.74) is 1.58. The highest BCUT2D eigenvalue weighted by Gasteiger charge is 2.13. The predicted octanol–water partition coefficient (Wildman–Crippen LogP) is 4.63. The summed E-state index contributed by atoms with van der Waals surface area (Å²) >= 11 is 13.2. The number of hydrogen-bond acceptors (Lipinski definition) is 3. The van der Waals surface area contributed by atoms with E-state index in [1.54, 1.807) is 18.2 Å². The number of rotatable bonds is 2. The van der Waals surface area contributed by atoms with Crippen LogP contribution in [0.3, 0.4) is 0 Å². The summed E-state index contributed by atoms with van der Waals surface area (Å²) in [6.45, 7) is 3.36. The zero-order valence-electron chi connectivity index (χ0n) is 9.25. The number of carbonyl (C=O) groups excluding carboxylic acids is 1. The van der Waals surface area contributed by atoms with Gasteiger partial charge in [0.05, 0.1) is 10.6 Å². The molecule has 0 fully saturated rings. The van der Waals surface area contributed by atoms with E-state index >= 15 is 0 Å². The Morgan fingerprint density at radius 3 is 2.29 bits per heavy atom. The van der Waals surface area contributed by atoms with Crippen LogP contribution < -0.4 is 0 Å². The van der Waals surface area contributed by atoms with E-state index in [1.165, 1.54) is 18.3 Å². The SMILES string of the molecule is CC(=O)c1sc(-c2cc(Cl)cc(Cl)c2)nc1C. The minimum atomic E-state index is 0.0272. The molecule has 0 aliphatic carbocycles. The van der Waals surface area contributed by atoms with Gasteiger partial charge in [-0.15, -0.1) is 11.3 Å². The topological polar surface area (TPSA) is 30.0 Å². The van der Waals surface area contributed by atoms with Crippen molar-refractivity contribution in [1.29, 1.82) is 0 Å². The molecule has 5 heteroatoms. The minimum absolute atomic E-state index is 0.0272. The second kappa shape index (κ2) is 4.77. The first kappa shape index (κ1) is 12.6. The third kappa shape index (κ3) is 2.68. The molecule has 1 aromatic carbocycles. The first-order valence-electron chi connectivity index (χ1n) is 4.92. The van der Waals surface area contributed by atoms with Crippen molar-refractivity contribution in [3.63, 3.8) is 0 Å². The van der Waals surface area contributed by atoms with Crippen LogP contribution in [0, 0.1) is 6.92 Å². The lowest BCUT2D eigenvalue weighted by Crippen LogP contribution is -1.89. The molecule has 0 saturated heterocycles. The van der Waals surface area contributed by atoms with E-state index in [0.29, 0.717) is 14.9 Å². The fourth-order valence-electron chi connectivity index (χ4n) is 1.52. The standard InChI is InChI=1S/C12H9Cl2NOS/c1-6-11(7(2)16)17-12(15-6)8-3-9(13)5-10(14)4-8/h3-5H,1-2H3. The van der Waals surface area contributed by atoms with Gasteiger partial charge in [-0.1, -0.05) is 23.2 Å². The van der Waals surface area contributed by atoms with Crippen molar-refractivity contribution in [3.8, 4) is 10.6 Å². The van der Waals surface area contributed by atoms with Crippen LogP contribution in [0.5, 0.6) is 0 Å². The maximum atomic E-state index is 11.4. The summed E-state index contributed by atoms with van der Waals surface area (Å²) in [4.78, 5) is 16.4. The number of thiazole rings is 1. The summed E-state index contributed by atoms with van der Waals surface area (Å²) in [7, 11) is 0. The van der Waals surface area contributed by atoms with Gasteiger partial charge in [-0.05, 0) is 25.1 Å². The number of aromatic nitrogens is 1. The summed E-state index contributed by atoms with van der Waals surface area (Å²) in [5, 5.41) is 1.88. The van der Waals surface area contributed by atoms with Gasteiger partial charge < -0.3 is 0 Å². The Morgan fingerprint density at radius 2 is 1.82 bits per heavy atom. The smallest absolute Gasteiger partial charge is 0.171 e. The summed E-state index contributed by atoms with van der Waals surface area (Å²) in [6, 6.07) is 5.24. The summed E-state index contributed by atoms with van der Waals surface area (Å²) < 4.78 is 0. The molecule has 88 valence electrons. The summed E-state index contributed by atoms with van der Waals surface area (Å²) in [5.74, 6) is 0.0272. The summed E-state index contributed by atoms with van der Waals surface area (Å²) in [6.07, 6.45) is 0. The van der Waals surface area contributed by atoms with Crippen molar-refractivity contribution in [3.05, 3.63) is 38.8 Å².